The van der Waals surface area contributed by atoms with Gasteiger partial charge < -0.3 is 4.42 Å². The molecule has 0 saturated carbocycles. The number of benzene rings is 1. The fourth-order valence-corrected chi connectivity index (χ4v) is 1.28. The van der Waals surface area contributed by atoms with Gasteiger partial charge in [0.15, 0.2) is 0 Å². The zero-order valence-corrected chi connectivity index (χ0v) is 9.33. The molecule has 0 fully saturated rings. The molecule has 0 radical (unpaired) electrons. The summed E-state index contributed by atoms with van der Waals surface area (Å²) < 4.78 is 5.01. The lowest BCUT2D eigenvalue weighted by atomic mass is 10.1. The predicted molar refractivity (Wildman–Crippen MR) is 64.9 cm³/mol. The number of amides is 1. The van der Waals surface area contributed by atoms with Crippen LogP contribution in [-0.4, -0.2) is 12.1 Å². The van der Waals surface area contributed by atoms with Gasteiger partial charge in [-0.3, -0.25) is 4.79 Å². The van der Waals surface area contributed by atoms with Gasteiger partial charge in [0.2, 0.25) is 0 Å². The molecule has 0 atom stereocenters. The van der Waals surface area contributed by atoms with Crippen LogP contribution < -0.4 is 5.43 Å². The molecule has 5 nitrogen and oxygen atoms in total. The molecule has 0 unspecified atom stereocenters. The Hall–Kier alpha value is -2.87. The van der Waals surface area contributed by atoms with Crippen LogP contribution >= 0.6 is 0 Å². The molecular weight excluding hydrogens is 230 g/mol. The molecule has 0 saturated heterocycles. The Morgan fingerprint density at radius 3 is 2.72 bits per heavy atom. The van der Waals surface area contributed by atoms with E-state index in [0.29, 0.717) is 16.9 Å². The molecule has 0 aliphatic carbocycles. The number of hydrogen-bond acceptors (Lipinski definition) is 4. The van der Waals surface area contributed by atoms with Gasteiger partial charge in [-0.25, -0.2) is 5.43 Å². The molecule has 1 aromatic heterocycles. The molecule has 1 heterocycles. The minimum absolute atomic E-state index is 0.345. The SMILES string of the molecule is N#Cc1ccc(C(=O)NN=Cc2ccco2)cc1. The summed E-state index contributed by atoms with van der Waals surface area (Å²) in [5.41, 5.74) is 3.30. The van der Waals surface area contributed by atoms with E-state index in [9.17, 15) is 4.79 Å². The number of rotatable bonds is 3. The lowest BCUT2D eigenvalue weighted by Crippen LogP contribution is -2.17. The molecule has 0 bridgehead atoms. The van der Waals surface area contributed by atoms with Crippen molar-refractivity contribution in [2.45, 2.75) is 0 Å². The highest BCUT2D eigenvalue weighted by atomic mass is 16.3. The van der Waals surface area contributed by atoms with E-state index in [0.717, 1.165) is 0 Å². The van der Waals surface area contributed by atoms with Crippen molar-refractivity contribution < 1.29 is 9.21 Å². The van der Waals surface area contributed by atoms with Crippen LogP contribution in [0.1, 0.15) is 21.7 Å². The Bertz CT molecular complexity index is 592. The van der Waals surface area contributed by atoms with Gasteiger partial charge in [0.1, 0.15) is 5.76 Å². The zero-order valence-electron chi connectivity index (χ0n) is 9.33. The topological polar surface area (TPSA) is 78.4 Å². The largest absolute Gasteiger partial charge is 0.463 e. The summed E-state index contributed by atoms with van der Waals surface area (Å²) in [6, 6.07) is 11.7. The molecule has 0 aliphatic rings. The molecule has 1 aromatic carbocycles. The molecule has 1 N–H and O–H groups in total. The van der Waals surface area contributed by atoms with Crippen LogP contribution in [-0.2, 0) is 0 Å². The fourth-order valence-electron chi connectivity index (χ4n) is 1.28. The standard InChI is InChI=1S/C13H9N3O2/c14-8-10-3-5-11(6-4-10)13(17)16-15-9-12-2-1-7-18-12/h1-7,9H,(H,16,17). The highest BCUT2D eigenvalue weighted by molar-refractivity contribution is 5.94. The van der Waals surface area contributed by atoms with Crippen LogP contribution in [0.4, 0.5) is 0 Å². The average Bonchev–Trinajstić information content (AvgIpc) is 2.92. The third-order valence-corrected chi connectivity index (χ3v) is 2.18. The summed E-state index contributed by atoms with van der Waals surface area (Å²) in [7, 11) is 0. The number of carbonyl (C=O) groups is 1. The molecule has 5 heteroatoms. The van der Waals surface area contributed by atoms with Crippen molar-refractivity contribution >= 4 is 12.1 Å². The van der Waals surface area contributed by atoms with Crippen molar-refractivity contribution in [3.63, 3.8) is 0 Å². The molecular formula is C13H9N3O2. The number of furan rings is 1. The first-order valence-electron chi connectivity index (χ1n) is 5.16. The van der Waals surface area contributed by atoms with E-state index in [4.69, 9.17) is 9.68 Å². The van der Waals surface area contributed by atoms with Gasteiger partial charge >= 0.3 is 0 Å². The van der Waals surface area contributed by atoms with Crippen molar-refractivity contribution in [3.8, 4) is 6.07 Å². The third kappa shape index (κ3) is 2.83. The van der Waals surface area contributed by atoms with E-state index < -0.39 is 0 Å². The number of carbonyl (C=O) groups excluding carboxylic acids is 1. The predicted octanol–water partition coefficient (Wildman–Crippen LogP) is 1.92. The van der Waals surface area contributed by atoms with Crippen molar-refractivity contribution in [1.82, 2.24) is 5.43 Å². The maximum Gasteiger partial charge on any atom is 0.271 e. The van der Waals surface area contributed by atoms with Crippen molar-refractivity contribution in [1.29, 1.82) is 5.26 Å². The lowest BCUT2D eigenvalue weighted by Gasteiger charge is -1.98. The third-order valence-electron chi connectivity index (χ3n) is 2.18. The van der Waals surface area contributed by atoms with E-state index in [1.165, 1.54) is 12.5 Å². The quantitative estimate of drug-likeness (QED) is 0.656. The van der Waals surface area contributed by atoms with Crippen LogP contribution in [0.5, 0.6) is 0 Å². The monoisotopic (exact) mass is 239 g/mol. The number of nitrogens with one attached hydrogen (secondary N) is 1. The van der Waals surface area contributed by atoms with Crippen molar-refractivity contribution in [3.05, 3.63) is 59.5 Å². The Labute approximate surface area is 103 Å². The summed E-state index contributed by atoms with van der Waals surface area (Å²) in [5, 5.41) is 12.4. The van der Waals surface area contributed by atoms with Gasteiger partial charge in [0.05, 0.1) is 24.1 Å². The lowest BCUT2D eigenvalue weighted by molar-refractivity contribution is 0.0955. The first kappa shape index (κ1) is 11.6. The van der Waals surface area contributed by atoms with Crippen LogP contribution in [0, 0.1) is 11.3 Å². The number of hydrazone groups is 1. The van der Waals surface area contributed by atoms with Crippen LogP contribution in [0.3, 0.4) is 0 Å². The first-order chi connectivity index (χ1) is 8.79. The van der Waals surface area contributed by atoms with Crippen LogP contribution in [0.15, 0.2) is 52.2 Å². The first-order valence-corrected chi connectivity index (χ1v) is 5.16. The molecule has 0 aliphatic heterocycles. The molecule has 18 heavy (non-hydrogen) atoms. The van der Waals surface area contributed by atoms with E-state index in [1.54, 1.807) is 36.4 Å². The summed E-state index contributed by atoms with van der Waals surface area (Å²) in [6.07, 6.45) is 2.92. The highest BCUT2D eigenvalue weighted by Crippen LogP contribution is 2.03. The minimum Gasteiger partial charge on any atom is -0.463 e. The molecule has 0 spiro atoms. The van der Waals surface area contributed by atoms with E-state index >= 15 is 0 Å². The van der Waals surface area contributed by atoms with Gasteiger partial charge in [-0.1, -0.05) is 0 Å². The second-order valence-electron chi connectivity index (χ2n) is 3.40. The number of hydrogen-bond donors (Lipinski definition) is 1. The number of nitrogens with zero attached hydrogens (tertiary/aromatic N) is 2. The van der Waals surface area contributed by atoms with E-state index in [-0.39, 0.29) is 5.91 Å². The second kappa shape index (κ2) is 5.46. The van der Waals surface area contributed by atoms with E-state index in [1.807, 2.05) is 6.07 Å². The second-order valence-corrected chi connectivity index (χ2v) is 3.40. The van der Waals surface area contributed by atoms with Gasteiger partial charge in [-0.2, -0.15) is 10.4 Å². The van der Waals surface area contributed by atoms with Crippen molar-refractivity contribution in [2.24, 2.45) is 5.10 Å². The summed E-state index contributed by atoms with van der Waals surface area (Å²) in [5.74, 6) is 0.206. The highest BCUT2D eigenvalue weighted by Gasteiger charge is 2.03. The molecule has 1 amide bonds. The van der Waals surface area contributed by atoms with Crippen molar-refractivity contribution in [2.75, 3.05) is 0 Å². The Morgan fingerprint density at radius 1 is 1.33 bits per heavy atom. The summed E-state index contributed by atoms with van der Waals surface area (Å²) in [4.78, 5) is 11.6. The van der Waals surface area contributed by atoms with Crippen LogP contribution in [0.25, 0.3) is 0 Å². The Kier molecular flexibility index (Phi) is 3.52. The van der Waals surface area contributed by atoms with Gasteiger partial charge in [0, 0.05) is 5.56 Å². The van der Waals surface area contributed by atoms with Crippen LogP contribution in [0.2, 0.25) is 0 Å². The Morgan fingerprint density at radius 2 is 2.11 bits per heavy atom. The van der Waals surface area contributed by atoms with E-state index in [2.05, 4.69) is 10.5 Å². The molecule has 88 valence electrons. The normalized spacial score (nSPS) is 10.2. The summed E-state index contributed by atoms with van der Waals surface area (Å²) >= 11 is 0. The summed E-state index contributed by atoms with van der Waals surface area (Å²) in [6.45, 7) is 0. The van der Waals surface area contributed by atoms with Gasteiger partial charge in [-0.15, -0.1) is 0 Å². The smallest absolute Gasteiger partial charge is 0.271 e. The van der Waals surface area contributed by atoms with Gasteiger partial charge in [0.25, 0.3) is 5.91 Å². The average molecular weight is 239 g/mol. The Balaban J connectivity index is 1.97. The maximum atomic E-state index is 11.6. The van der Waals surface area contributed by atoms with Gasteiger partial charge in [-0.05, 0) is 36.4 Å². The fraction of sp³-hybridized carbons (Fsp3) is 0. The minimum atomic E-state index is -0.345. The maximum absolute atomic E-state index is 11.6. The zero-order chi connectivity index (χ0) is 12.8. The molecule has 2 aromatic rings. The molecule has 2 rings (SSSR count). The number of nitriles is 1.